The van der Waals surface area contributed by atoms with Gasteiger partial charge in [-0.25, -0.2) is 0 Å². The molecule has 0 radical (unpaired) electrons. The molecule has 138 valence electrons. The number of carbonyl (C=O) groups excluding carboxylic acids is 1. The SMILES string of the molecule is CC(C(=O)Nc1ccc(OC(F)(F)F)cc1)N1CCCc2ccccc21. The average molecular weight is 364 g/mol. The molecule has 1 aliphatic rings. The van der Waals surface area contributed by atoms with Gasteiger partial charge < -0.3 is 15.0 Å². The lowest BCUT2D eigenvalue weighted by atomic mass is 10.00. The number of carbonyl (C=O) groups is 1. The summed E-state index contributed by atoms with van der Waals surface area (Å²) in [6, 6.07) is 12.7. The first-order valence-corrected chi connectivity index (χ1v) is 8.35. The maximum atomic E-state index is 12.6. The molecule has 1 amide bonds. The number of nitrogens with one attached hydrogen (secondary N) is 1. The van der Waals surface area contributed by atoms with Gasteiger partial charge in [-0.2, -0.15) is 0 Å². The molecule has 1 atom stereocenters. The third-order valence-corrected chi connectivity index (χ3v) is 4.35. The number of anilines is 2. The third kappa shape index (κ3) is 4.28. The number of nitrogens with zero attached hydrogens (tertiary/aromatic N) is 1. The molecule has 4 nitrogen and oxygen atoms in total. The molecule has 2 aromatic rings. The van der Waals surface area contributed by atoms with Crippen LogP contribution in [0.25, 0.3) is 0 Å². The number of rotatable bonds is 4. The van der Waals surface area contributed by atoms with Crippen molar-refractivity contribution < 1.29 is 22.7 Å². The van der Waals surface area contributed by atoms with Crippen LogP contribution in [-0.4, -0.2) is 24.9 Å². The van der Waals surface area contributed by atoms with Crippen molar-refractivity contribution >= 4 is 17.3 Å². The van der Waals surface area contributed by atoms with Crippen LogP contribution in [0, 0.1) is 0 Å². The summed E-state index contributed by atoms with van der Waals surface area (Å²) >= 11 is 0. The first-order chi connectivity index (χ1) is 12.3. The Morgan fingerprint density at radius 1 is 1.15 bits per heavy atom. The van der Waals surface area contributed by atoms with Crippen molar-refractivity contribution in [3.05, 3.63) is 54.1 Å². The van der Waals surface area contributed by atoms with Crippen LogP contribution in [0.5, 0.6) is 5.75 Å². The summed E-state index contributed by atoms with van der Waals surface area (Å²) in [5.74, 6) is -0.542. The van der Waals surface area contributed by atoms with E-state index in [-0.39, 0.29) is 11.7 Å². The van der Waals surface area contributed by atoms with Crippen LogP contribution in [0.1, 0.15) is 18.9 Å². The Morgan fingerprint density at radius 3 is 2.54 bits per heavy atom. The monoisotopic (exact) mass is 364 g/mol. The molecule has 1 unspecified atom stereocenters. The summed E-state index contributed by atoms with van der Waals surface area (Å²) in [6.07, 6.45) is -2.78. The summed E-state index contributed by atoms with van der Waals surface area (Å²) in [5, 5.41) is 2.74. The highest BCUT2D eigenvalue weighted by Gasteiger charge is 2.31. The summed E-state index contributed by atoms with van der Waals surface area (Å²) in [5.41, 5.74) is 2.68. The number of hydrogen-bond donors (Lipinski definition) is 1. The maximum absolute atomic E-state index is 12.6. The Labute approximate surface area is 149 Å². The van der Waals surface area contributed by atoms with Crippen LogP contribution in [-0.2, 0) is 11.2 Å². The van der Waals surface area contributed by atoms with E-state index in [0.717, 1.165) is 25.1 Å². The Balaban J connectivity index is 1.67. The standard InChI is InChI=1S/C19H19F3N2O2/c1-13(24-12-4-6-14-5-2-3-7-17(14)24)18(25)23-15-8-10-16(11-9-15)26-19(20,21)22/h2-3,5,7-11,13H,4,6,12H2,1H3,(H,23,25). The molecule has 0 spiro atoms. The molecule has 1 aliphatic heterocycles. The number of para-hydroxylation sites is 1. The second kappa shape index (κ2) is 7.27. The molecular weight excluding hydrogens is 345 g/mol. The fraction of sp³-hybridized carbons (Fsp3) is 0.316. The number of fused-ring (bicyclic) bond motifs is 1. The minimum Gasteiger partial charge on any atom is -0.406 e. The fourth-order valence-corrected chi connectivity index (χ4v) is 3.09. The molecule has 2 aromatic carbocycles. The molecule has 1 heterocycles. The molecule has 0 fully saturated rings. The number of alkyl halides is 3. The maximum Gasteiger partial charge on any atom is 0.573 e. The topological polar surface area (TPSA) is 41.6 Å². The molecule has 0 bridgehead atoms. The zero-order chi connectivity index (χ0) is 18.7. The van der Waals surface area contributed by atoms with Gasteiger partial charge in [0.25, 0.3) is 0 Å². The Kier molecular flexibility index (Phi) is 5.06. The van der Waals surface area contributed by atoms with E-state index in [1.165, 1.54) is 29.8 Å². The summed E-state index contributed by atoms with van der Waals surface area (Å²) in [6.45, 7) is 2.60. The summed E-state index contributed by atoms with van der Waals surface area (Å²) in [4.78, 5) is 14.6. The van der Waals surface area contributed by atoms with E-state index in [0.29, 0.717) is 5.69 Å². The van der Waals surface area contributed by atoms with E-state index in [1.54, 1.807) is 0 Å². The smallest absolute Gasteiger partial charge is 0.406 e. The number of amides is 1. The molecule has 0 saturated heterocycles. The molecule has 0 saturated carbocycles. The Bertz CT molecular complexity index is 775. The van der Waals surface area contributed by atoms with Crippen molar-refractivity contribution in [2.45, 2.75) is 32.2 Å². The summed E-state index contributed by atoms with van der Waals surface area (Å²) in [7, 11) is 0. The van der Waals surface area contributed by atoms with Crippen LogP contribution in [0.4, 0.5) is 24.5 Å². The highest BCUT2D eigenvalue weighted by Crippen LogP contribution is 2.29. The predicted octanol–water partition coefficient (Wildman–Crippen LogP) is 4.37. The van der Waals surface area contributed by atoms with Gasteiger partial charge in [0.1, 0.15) is 11.8 Å². The zero-order valence-electron chi connectivity index (χ0n) is 14.2. The highest BCUT2D eigenvalue weighted by molar-refractivity contribution is 5.96. The minimum absolute atomic E-state index is 0.216. The van der Waals surface area contributed by atoms with E-state index >= 15 is 0 Å². The van der Waals surface area contributed by atoms with Crippen LogP contribution in [0.3, 0.4) is 0 Å². The minimum atomic E-state index is -4.74. The molecule has 26 heavy (non-hydrogen) atoms. The van der Waals surface area contributed by atoms with Gasteiger partial charge in [-0.1, -0.05) is 18.2 Å². The van der Waals surface area contributed by atoms with Crippen molar-refractivity contribution in [3.8, 4) is 5.75 Å². The third-order valence-electron chi connectivity index (χ3n) is 4.35. The quantitative estimate of drug-likeness (QED) is 0.876. The highest BCUT2D eigenvalue weighted by atomic mass is 19.4. The average Bonchev–Trinajstić information content (AvgIpc) is 2.61. The van der Waals surface area contributed by atoms with E-state index in [2.05, 4.69) is 21.0 Å². The first-order valence-electron chi connectivity index (χ1n) is 8.35. The lowest BCUT2D eigenvalue weighted by molar-refractivity contribution is -0.274. The Hall–Kier alpha value is -2.70. The van der Waals surface area contributed by atoms with Crippen LogP contribution in [0.2, 0.25) is 0 Å². The van der Waals surface area contributed by atoms with Gasteiger partial charge in [0, 0.05) is 17.9 Å². The van der Waals surface area contributed by atoms with Crippen LogP contribution in [0.15, 0.2) is 48.5 Å². The van der Waals surface area contributed by atoms with Gasteiger partial charge in [-0.3, -0.25) is 4.79 Å². The van der Waals surface area contributed by atoms with Crippen molar-refractivity contribution in [1.29, 1.82) is 0 Å². The number of halogens is 3. The molecule has 3 rings (SSSR count). The number of hydrogen-bond acceptors (Lipinski definition) is 3. The second-order valence-corrected chi connectivity index (χ2v) is 6.16. The van der Waals surface area contributed by atoms with E-state index in [9.17, 15) is 18.0 Å². The number of benzene rings is 2. The van der Waals surface area contributed by atoms with Gasteiger partial charge in [-0.15, -0.1) is 13.2 Å². The van der Waals surface area contributed by atoms with Crippen LogP contribution >= 0.6 is 0 Å². The normalized spacial score (nSPS) is 15.2. The lowest BCUT2D eigenvalue weighted by Gasteiger charge is -2.35. The van der Waals surface area contributed by atoms with E-state index in [1.807, 2.05) is 25.1 Å². The largest absolute Gasteiger partial charge is 0.573 e. The molecule has 0 aromatic heterocycles. The molecule has 0 aliphatic carbocycles. The summed E-state index contributed by atoms with van der Waals surface area (Å²) < 4.78 is 40.4. The second-order valence-electron chi connectivity index (χ2n) is 6.16. The zero-order valence-corrected chi connectivity index (χ0v) is 14.2. The van der Waals surface area contributed by atoms with Crippen molar-refractivity contribution in [1.82, 2.24) is 0 Å². The lowest BCUT2D eigenvalue weighted by Crippen LogP contribution is -2.44. The molecule has 1 N–H and O–H groups in total. The van der Waals surface area contributed by atoms with Crippen molar-refractivity contribution in [2.75, 3.05) is 16.8 Å². The molecule has 7 heteroatoms. The Morgan fingerprint density at radius 2 is 1.85 bits per heavy atom. The van der Waals surface area contributed by atoms with E-state index in [4.69, 9.17) is 0 Å². The van der Waals surface area contributed by atoms with Gasteiger partial charge in [0.05, 0.1) is 0 Å². The van der Waals surface area contributed by atoms with Gasteiger partial charge in [-0.05, 0) is 55.7 Å². The fourth-order valence-electron chi connectivity index (χ4n) is 3.09. The molecular formula is C19H19F3N2O2. The predicted molar refractivity (Wildman–Crippen MR) is 93.3 cm³/mol. The van der Waals surface area contributed by atoms with Crippen molar-refractivity contribution in [3.63, 3.8) is 0 Å². The van der Waals surface area contributed by atoms with Crippen LogP contribution < -0.4 is 15.0 Å². The van der Waals surface area contributed by atoms with E-state index < -0.39 is 12.4 Å². The van der Waals surface area contributed by atoms with Gasteiger partial charge in [0.2, 0.25) is 5.91 Å². The number of aryl methyl sites for hydroxylation is 1. The van der Waals surface area contributed by atoms with Gasteiger partial charge >= 0.3 is 6.36 Å². The van der Waals surface area contributed by atoms with Crippen molar-refractivity contribution in [2.24, 2.45) is 0 Å². The first kappa shape index (κ1) is 18.1. The van der Waals surface area contributed by atoms with Gasteiger partial charge in [0.15, 0.2) is 0 Å². The number of ether oxygens (including phenoxy) is 1.